The van der Waals surface area contributed by atoms with Gasteiger partial charge < -0.3 is 10.6 Å². The molecule has 1 fully saturated rings. The van der Waals surface area contributed by atoms with Crippen molar-refractivity contribution in [1.82, 2.24) is 9.21 Å². The Labute approximate surface area is 111 Å². The minimum atomic E-state index is -3.09. The summed E-state index contributed by atoms with van der Waals surface area (Å²) < 4.78 is 25.8. The SMILES string of the molecule is CC(C)S(=O)(=O)N1CCCN(CCCCN)CC1. The van der Waals surface area contributed by atoms with E-state index in [2.05, 4.69) is 4.90 Å². The van der Waals surface area contributed by atoms with Gasteiger partial charge in [0.05, 0.1) is 5.25 Å². The van der Waals surface area contributed by atoms with Crippen molar-refractivity contribution >= 4 is 10.0 Å². The molecular weight excluding hydrogens is 250 g/mol. The zero-order valence-corrected chi connectivity index (χ0v) is 12.5. The zero-order valence-electron chi connectivity index (χ0n) is 11.6. The third-order valence-corrected chi connectivity index (χ3v) is 5.71. The van der Waals surface area contributed by atoms with Crippen molar-refractivity contribution in [2.24, 2.45) is 5.73 Å². The number of sulfonamides is 1. The van der Waals surface area contributed by atoms with Gasteiger partial charge in [-0.05, 0) is 52.7 Å². The van der Waals surface area contributed by atoms with Gasteiger partial charge in [0, 0.05) is 19.6 Å². The Balaban J connectivity index is 2.46. The molecule has 1 rings (SSSR count). The standard InChI is InChI=1S/C12H27N3O2S/c1-12(2)18(16,17)15-9-5-8-14(10-11-15)7-4-3-6-13/h12H,3-11,13H2,1-2H3. The van der Waals surface area contributed by atoms with Gasteiger partial charge in [0.1, 0.15) is 0 Å². The number of unbranched alkanes of at least 4 members (excludes halogenated alkanes) is 1. The lowest BCUT2D eigenvalue weighted by Crippen LogP contribution is -2.39. The highest BCUT2D eigenvalue weighted by atomic mass is 32.2. The van der Waals surface area contributed by atoms with Gasteiger partial charge in [-0.15, -0.1) is 0 Å². The van der Waals surface area contributed by atoms with Gasteiger partial charge in [0.2, 0.25) is 10.0 Å². The molecule has 0 aromatic heterocycles. The summed E-state index contributed by atoms with van der Waals surface area (Å²) in [5.74, 6) is 0. The normalized spacial score (nSPS) is 20.2. The fourth-order valence-electron chi connectivity index (χ4n) is 2.20. The first-order chi connectivity index (χ1) is 8.48. The molecular formula is C12H27N3O2S. The van der Waals surface area contributed by atoms with E-state index < -0.39 is 10.0 Å². The van der Waals surface area contributed by atoms with Crippen LogP contribution in [-0.4, -0.2) is 62.1 Å². The largest absolute Gasteiger partial charge is 0.330 e. The summed E-state index contributed by atoms with van der Waals surface area (Å²) in [6.45, 7) is 8.40. The van der Waals surface area contributed by atoms with E-state index in [4.69, 9.17) is 5.73 Å². The van der Waals surface area contributed by atoms with E-state index in [1.54, 1.807) is 18.2 Å². The van der Waals surface area contributed by atoms with Crippen LogP contribution >= 0.6 is 0 Å². The molecule has 18 heavy (non-hydrogen) atoms. The third-order valence-electron chi connectivity index (χ3n) is 3.43. The molecule has 0 radical (unpaired) electrons. The predicted octanol–water partition coefficient (Wildman–Crippen LogP) is 0.471. The maximum atomic E-state index is 12.1. The van der Waals surface area contributed by atoms with E-state index in [9.17, 15) is 8.42 Å². The summed E-state index contributed by atoms with van der Waals surface area (Å²) in [7, 11) is -3.09. The van der Waals surface area contributed by atoms with Gasteiger partial charge in [-0.2, -0.15) is 0 Å². The Morgan fingerprint density at radius 2 is 1.83 bits per heavy atom. The molecule has 0 aromatic carbocycles. The lowest BCUT2D eigenvalue weighted by atomic mass is 10.3. The molecule has 1 heterocycles. The number of hydrogen-bond donors (Lipinski definition) is 1. The highest BCUT2D eigenvalue weighted by Crippen LogP contribution is 2.12. The van der Waals surface area contributed by atoms with Crippen molar-refractivity contribution in [1.29, 1.82) is 0 Å². The summed E-state index contributed by atoms with van der Waals surface area (Å²) in [4.78, 5) is 2.35. The molecule has 6 heteroatoms. The molecule has 0 unspecified atom stereocenters. The van der Waals surface area contributed by atoms with Crippen LogP contribution in [0.1, 0.15) is 33.1 Å². The second-order valence-corrected chi connectivity index (χ2v) is 7.67. The zero-order chi connectivity index (χ0) is 13.6. The second kappa shape index (κ2) is 7.43. The predicted molar refractivity (Wildman–Crippen MR) is 75.0 cm³/mol. The molecule has 0 spiro atoms. The van der Waals surface area contributed by atoms with E-state index in [1.165, 1.54) is 0 Å². The number of nitrogens with zero attached hydrogens (tertiary/aromatic N) is 2. The van der Waals surface area contributed by atoms with Crippen LogP contribution in [0.3, 0.4) is 0 Å². The molecule has 1 saturated heterocycles. The summed E-state index contributed by atoms with van der Waals surface area (Å²) in [6.07, 6.45) is 3.08. The van der Waals surface area contributed by atoms with Crippen LogP contribution in [0, 0.1) is 0 Å². The van der Waals surface area contributed by atoms with Gasteiger partial charge in [-0.3, -0.25) is 0 Å². The average molecular weight is 277 g/mol. The van der Waals surface area contributed by atoms with E-state index in [-0.39, 0.29) is 5.25 Å². The van der Waals surface area contributed by atoms with Crippen LogP contribution < -0.4 is 5.73 Å². The van der Waals surface area contributed by atoms with Crippen molar-refractivity contribution in [3.63, 3.8) is 0 Å². The quantitative estimate of drug-likeness (QED) is 0.717. The molecule has 0 aromatic rings. The fraction of sp³-hybridized carbons (Fsp3) is 1.00. The van der Waals surface area contributed by atoms with Crippen LogP contribution in [0.5, 0.6) is 0 Å². The van der Waals surface area contributed by atoms with Crippen molar-refractivity contribution in [3.8, 4) is 0 Å². The first-order valence-corrected chi connectivity index (χ1v) is 8.40. The van der Waals surface area contributed by atoms with Crippen LogP contribution in [-0.2, 0) is 10.0 Å². The highest BCUT2D eigenvalue weighted by molar-refractivity contribution is 7.89. The van der Waals surface area contributed by atoms with Crippen molar-refractivity contribution in [2.45, 2.75) is 38.4 Å². The monoisotopic (exact) mass is 277 g/mol. The smallest absolute Gasteiger partial charge is 0.216 e. The van der Waals surface area contributed by atoms with Gasteiger partial charge in [-0.1, -0.05) is 0 Å². The Hall–Kier alpha value is -0.170. The van der Waals surface area contributed by atoms with Crippen LogP contribution in [0.25, 0.3) is 0 Å². The van der Waals surface area contributed by atoms with Gasteiger partial charge in [-0.25, -0.2) is 12.7 Å². The molecule has 0 amide bonds. The number of nitrogens with two attached hydrogens (primary N) is 1. The minimum absolute atomic E-state index is 0.318. The summed E-state index contributed by atoms with van der Waals surface area (Å²) >= 11 is 0. The molecule has 0 aliphatic carbocycles. The van der Waals surface area contributed by atoms with Crippen LogP contribution in [0.15, 0.2) is 0 Å². The van der Waals surface area contributed by atoms with Crippen LogP contribution in [0.2, 0.25) is 0 Å². The van der Waals surface area contributed by atoms with E-state index in [0.29, 0.717) is 13.1 Å². The Morgan fingerprint density at radius 1 is 1.11 bits per heavy atom. The van der Waals surface area contributed by atoms with E-state index in [0.717, 1.165) is 45.4 Å². The Kier molecular flexibility index (Phi) is 6.55. The molecule has 0 bridgehead atoms. The van der Waals surface area contributed by atoms with Gasteiger partial charge >= 0.3 is 0 Å². The minimum Gasteiger partial charge on any atom is -0.330 e. The van der Waals surface area contributed by atoms with Gasteiger partial charge in [0.15, 0.2) is 0 Å². The Morgan fingerprint density at radius 3 is 2.44 bits per heavy atom. The maximum absolute atomic E-state index is 12.1. The number of rotatable bonds is 6. The third kappa shape index (κ3) is 4.50. The molecule has 108 valence electrons. The topological polar surface area (TPSA) is 66.6 Å². The lowest BCUT2D eigenvalue weighted by Gasteiger charge is -2.23. The van der Waals surface area contributed by atoms with E-state index >= 15 is 0 Å². The second-order valence-electron chi connectivity index (χ2n) is 5.18. The van der Waals surface area contributed by atoms with Crippen molar-refractivity contribution in [3.05, 3.63) is 0 Å². The molecule has 2 N–H and O–H groups in total. The summed E-state index contributed by atoms with van der Waals surface area (Å²) in [5, 5.41) is -0.318. The fourth-order valence-corrected chi connectivity index (χ4v) is 3.52. The first kappa shape index (κ1) is 15.9. The summed E-state index contributed by atoms with van der Waals surface area (Å²) in [6, 6.07) is 0. The molecule has 0 saturated carbocycles. The van der Waals surface area contributed by atoms with Gasteiger partial charge in [0.25, 0.3) is 0 Å². The molecule has 0 atom stereocenters. The number of hydrogen-bond acceptors (Lipinski definition) is 4. The Bertz CT molecular complexity index is 330. The highest BCUT2D eigenvalue weighted by Gasteiger charge is 2.27. The average Bonchev–Trinajstić information content (AvgIpc) is 2.55. The van der Waals surface area contributed by atoms with Crippen molar-refractivity contribution in [2.75, 3.05) is 39.3 Å². The van der Waals surface area contributed by atoms with E-state index in [1.807, 2.05) is 0 Å². The molecule has 1 aliphatic rings. The van der Waals surface area contributed by atoms with Crippen LogP contribution in [0.4, 0.5) is 0 Å². The molecule has 1 aliphatic heterocycles. The maximum Gasteiger partial charge on any atom is 0.216 e. The summed E-state index contributed by atoms with van der Waals surface area (Å²) in [5.41, 5.74) is 5.48. The first-order valence-electron chi connectivity index (χ1n) is 6.90. The lowest BCUT2D eigenvalue weighted by molar-refractivity contribution is 0.281. The van der Waals surface area contributed by atoms with Crippen molar-refractivity contribution < 1.29 is 8.42 Å². The molecule has 5 nitrogen and oxygen atoms in total.